The predicted molar refractivity (Wildman–Crippen MR) is 76.3 cm³/mol. The molecule has 0 N–H and O–H groups in total. The third kappa shape index (κ3) is 3.55. The van der Waals surface area contributed by atoms with Crippen molar-refractivity contribution in [1.82, 2.24) is 9.97 Å². The van der Waals surface area contributed by atoms with Crippen LogP contribution in [0.15, 0.2) is 36.7 Å². The van der Waals surface area contributed by atoms with Crippen molar-refractivity contribution in [1.29, 1.82) is 0 Å². The molecule has 1 aromatic carbocycles. The molecule has 0 amide bonds. The van der Waals surface area contributed by atoms with E-state index in [1.165, 1.54) is 18.2 Å². The van der Waals surface area contributed by atoms with Crippen molar-refractivity contribution in [3.05, 3.63) is 48.0 Å². The minimum absolute atomic E-state index is 0.258. The highest BCUT2D eigenvalue weighted by Gasteiger charge is 2.37. The van der Waals surface area contributed by atoms with Crippen molar-refractivity contribution in [3.63, 3.8) is 0 Å². The van der Waals surface area contributed by atoms with Crippen molar-refractivity contribution in [2.24, 2.45) is 0 Å². The molecule has 7 heteroatoms. The number of ether oxygens (including phenoxy) is 2. The Hall–Kier alpha value is -2.31. The number of nitrogens with zero attached hydrogens (tertiary/aromatic N) is 2. The lowest BCUT2D eigenvalue weighted by Gasteiger charge is -2.37. The standard InChI is InChI=1S/C16H15F3N2O2/c1-15(2)9-12(14-20-6-3-7-21-14)11-8-10(22-16(17,18)19)4-5-13(11)23-15/h3-8,12H,9H2,1-2H3. The lowest BCUT2D eigenvalue weighted by Crippen LogP contribution is -2.35. The van der Waals surface area contributed by atoms with E-state index in [0.29, 0.717) is 23.6 Å². The Morgan fingerprint density at radius 3 is 2.57 bits per heavy atom. The fourth-order valence-corrected chi connectivity index (χ4v) is 2.75. The number of benzene rings is 1. The molecule has 4 nitrogen and oxygen atoms in total. The second kappa shape index (κ2) is 5.40. The Bertz CT molecular complexity index is 702. The molecule has 1 aliphatic heterocycles. The molecule has 0 aliphatic carbocycles. The van der Waals surface area contributed by atoms with Gasteiger partial charge >= 0.3 is 6.36 Å². The Morgan fingerprint density at radius 2 is 1.91 bits per heavy atom. The Morgan fingerprint density at radius 1 is 1.22 bits per heavy atom. The fourth-order valence-electron chi connectivity index (χ4n) is 2.75. The van der Waals surface area contributed by atoms with E-state index in [1.807, 2.05) is 13.8 Å². The number of halogens is 3. The molecule has 1 atom stereocenters. The molecule has 0 bridgehead atoms. The quantitative estimate of drug-likeness (QED) is 0.835. The van der Waals surface area contributed by atoms with Crippen LogP contribution in [0, 0.1) is 0 Å². The van der Waals surface area contributed by atoms with Crippen LogP contribution in [0.1, 0.15) is 37.6 Å². The zero-order valence-electron chi connectivity index (χ0n) is 12.6. The summed E-state index contributed by atoms with van der Waals surface area (Å²) in [6.45, 7) is 3.85. The summed E-state index contributed by atoms with van der Waals surface area (Å²) in [5.41, 5.74) is 0.126. The lowest BCUT2D eigenvalue weighted by molar-refractivity contribution is -0.274. The van der Waals surface area contributed by atoms with E-state index >= 15 is 0 Å². The van der Waals surface area contributed by atoms with E-state index < -0.39 is 12.0 Å². The van der Waals surface area contributed by atoms with Crippen LogP contribution >= 0.6 is 0 Å². The Balaban J connectivity index is 2.04. The third-order valence-corrected chi connectivity index (χ3v) is 3.57. The van der Waals surface area contributed by atoms with Crippen LogP contribution in [-0.4, -0.2) is 21.9 Å². The third-order valence-electron chi connectivity index (χ3n) is 3.57. The van der Waals surface area contributed by atoms with Gasteiger partial charge in [-0.1, -0.05) is 0 Å². The zero-order chi connectivity index (χ0) is 16.7. The highest BCUT2D eigenvalue weighted by molar-refractivity contribution is 5.46. The van der Waals surface area contributed by atoms with E-state index in [4.69, 9.17) is 4.74 Å². The van der Waals surface area contributed by atoms with Crippen LogP contribution in [0.4, 0.5) is 13.2 Å². The summed E-state index contributed by atoms with van der Waals surface area (Å²) in [5, 5.41) is 0. The molecule has 1 aliphatic rings. The first kappa shape index (κ1) is 15.6. The van der Waals surface area contributed by atoms with Crippen LogP contribution in [0.5, 0.6) is 11.5 Å². The van der Waals surface area contributed by atoms with E-state index in [-0.39, 0.29) is 11.7 Å². The van der Waals surface area contributed by atoms with Gasteiger partial charge in [0.2, 0.25) is 0 Å². The topological polar surface area (TPSA) is 44.2 Å². The first-order valence-corrected chi connectivity index (χ1v) is 7.09. The molecule has 2 heterocycles. The molecule has 1 unspecified atom stereocenters. The molecule has 0 spiro atoms. The van der Waals surface area contributed by atoms with E-state index in [0.717, 1.165) is 0 Å². The molecular formula is C16H15F3N2O2. The summed E-state index contributed by atoms with van der Waals surface area (Å²) in [6, 6.07) is 5.78. The zero-order valence-corrected chi connectivity index (χ0v) is 12.6. The average Bonchev–Trinajstić information content (AvgIpc) is 2.45. The van der Waals surface area contributed by atoms with Gasteiger partial charge in [-0.25, -0.2) is 9.97 Å². The summed E-state index contributed by atoms with van der Waals surface area (Å²) >= 11 is 0. The number of hydrogen-bond acceptors (Lipinski definition) is 4. The summed E-state index contributed by atoms with van der Waals surface area (Å²) < 4.78 is 47.2. The highest BCUT2D eigenvalue weighted by Crippen LogP contribution is 2.44. The number of alkyl halides is 3. The van der Waals surface area contributed by atoms with Crippen LogP contribution in [0.25, 0.3) is 0 Å². The Labute approximate surface area is 131 Å². The number of rotatable bonds is 2. The largest absolute Gasteiger partial charge is 0.573 e. The molecule has 0 saturated carbocycles. The van der Waals surface area contributed by atoms with Gasteiger partial charge in [0, 0.05) is 24.4 Å². The molecule has 3 rings (SSSR count). The van der Waals surface area contributed by atoms with Crippen molar-refractivity contribution in [3.8, 4) is 11.5 Å². The number of fused-ring (bicyclic) bond motifs is 1. The second-order valence-electron chi connectivity index (χ2n) is 5.97. The average molecular weight is 324 g/mol. The highest BCUT2D eigenvalue weighted by atomic mass is 19.4. The molecule has 23 heavy (non-hydrogen) atoms. The normalized spacial score (nSPS) is 19.6. The van der Waals surface area contributed by atoms with Crippen LogP contribution in [-0.2, 0) is 0 Å². The van der Waals surface area contributed by atoms with E-state index in [1.54, 1.807) is 18.5 Å². The molecule has 0 fully saturated rings. The minimum Gasteiger partial charge on any atom is -0.488 e. The SMILES string of the molecule is CC1(C)CC(c2ncccn2)c2cc(OC(F)(F)F)ccc2O1. The number of aromatic nitrogens is 2. The number of hydrogen-bond donors (Lipinski definition) is 0. The minimum atomic E-state index is -4.73. The van der Waals surface area contributed by atoms with Gasteiger partial charge in [-0.2, -0.15) is 0 Å². The molecule has 122 valence electrons. The van der Waals surface area contributed by atoms with Gasteiger partial charge in [-0.3, -0.25) is 0 Å². The molecule has 0 radical (unpaired) electrons. The van der Waals surface area contributed by atoms with Crippen LogP contribution in [0.3, 0.4) is 0 Å². The van der Waals surface area contributed by atoms with E-state index in [2.05, 4.69) is 14.7 Å². The van der Waals surface area contributed by atoms with Gasteiger partial charge in [0.1, 0.15) is 22.9 Å². The van der Waals surface area contributed by atoms with Crippen molar-refractivity contribution >= 4 is 0 Å². The van der Waals surface area contributed by atoms with Crippen molar-refractivity contribution in [2.75, 3.05) is 0 Å². The van der Waals surface area contributed by atoms with Crippen molar-refractivity contribution in [2.45, 2.75) is 38.1 Å². The monoisotopic (exact) mass is 324 g/mol. The van der Waals surface area contributed by atoms with Gasteiger partial charge in [0.25, 0.3) is 0 Å². The molecule has 0 saturated heterocycles. The van der Waals surface area contributed by atoms with Crippen LogP contribution in [0.2, 0.25) is 0 Å². The summed E-state index contributed by atoms with van der Waals surface area (Å²) in [5.74, 6) is 0.537. The summed E-state index contributed by atoms with van der Waals surface area (Å²) in [6.07, 6.45) is -0.956. The van der Waals surface area contributed by atoms with Crippen LogP contribution < -0.4 is 9.47 Å². The maximum atomic E-state index is 12.4. The summed E-state index contributed by atoms with van der Waals surface area (Å²) in [4.78, 5) is 8.48. The van der Waals surface area contributed by atoms with Crippen molar-refractivity contribution < 1.29 is 22.6 Å². The fraction of sp³-hybridized carbons (Fsp3) is 0.375. The first-order valence-electron chi connectivity index (χ1n) is 7.09. The predicted octanol–water partition coefficient (Wildman–Crippen LogP) is 4.07. The molecular weight excluding hydrogens is 309 g/mol. The lowest BCUT2D eigenvalue weighted by atomic mass is 9.83. The van der Waals surface area contributed by atoms with Gasteiger partial charge in [-0.15, -0.1) is 13.2 Å². The molecule has 2 aromatic rings. The van der Waals surface area contributed by atoms with Gasteiger partial charge in [-0.05, 0) is 38.1 Å². The van der Waals surface area contributed by atoms with Gasteiger partial charge in [0.15, 0.2) is 0 Å². The smallest absolute Gasteiger partial charge is 0.488 e. The van der Waals surface area contributed by atoms with E-state index in [9.17, 15) is 13.2 Å². The van der Waals surface area contributed by atoms with Gasteiger partial charge in [0.05, 0.1) is 5.92 Å². The van der Waals surface area contributed by atoms with Gasteiger partial charge < -0.3 is 9.47 Å². The maximum Gasteiger partial charge on any atom is 0.573 e. The Kier molecular flexibility index (Phi) is 3.66. The first-order chi connectivity index (χ1) is 10.7. The summed E-state index contributed by atoms with van der Waals surface area (Å²) in [7, 11) is 0. The maximum absolute atomic E-state index is 12.4. The second-order valence-corrected chi connectivity index (χ2v) is 5.97. The molecule has 1 aromatic heterocycles.